The normalized spacial score (nSPS) is 17.3. The van der Waals surface area contributed by atoms with Crippen LogP contribution in [0.4, 0.5) is 11.4 Å². The Kier molecular flexibility index (Phi) is 13.5. The number of methoxy groups -OCH3 is 1. The van der Waals surface area contributed by atoms with Gasteiger partial charge in [0.15, 0.2) is 5.11 Å². The summed E-state index contributed by atoms with van der Waals surface area (Å²) in [7, 11) is 1.58. The summed E-state index contributed by atoms with van der Waals surface area (Å²) in [5, 5.41) is 12.3. The van der Waals surface area contributed by atoms with Gasteiger partial charge in [0.1, 0.15) is 17.8 Å². The van der Waals surface area contributed by atoms with Crippen LogP contribution in [0.5, 0.6) is 5.75 Å². The number of anilines is 2. The molecule has 2 aliphatic heterocycles. The molecule has 4 rings (SSSR count). The lowest BCUT2D eigenvalue weighted by Gasteiger charge is -2.39. The second-order valence-corrected chi connectivity index (χ2v) is 13.0. The third-order valence-electron chi connectivity index (χ3n) is 8.68. The highest BCUT2D eigenvalue weighted by Crippen LogP contribution is 2.33. The van der Waals surface area contributed by atoms with E-state index < -0.39 is 23.9 Å². The van der Waals surface area contributed by atoms with Crippen LogP contribution < -0.4 is 30.9 Å². The maximum absolute atomic E-state index is 13.9. The molecule has 2 heterocycles. The largest absolute Gasteiger partial charge is 0.497 e. The van der Waals surface area contributed by atoms with Gasteiger partial charge in [0.2, 0.25) is 23.6 Å². The minimum atomic E-state index is -0.839. The molecule has 15 heteroatoms. The van der Waals surface area contributed by atoms with Gasteiger partial charge in [-0.1, -0.05) is 49.5 Å². The first-order valence-corrected chi connectivity index (χ1v) is 17.2. The summed E-state index contributed by atoms with van der Waals surface area (Å²) in [5.41, 5.74) is 1.55. The van der Waals surface area contributed by atoms with E-state index in [0.29, 0.717) is 67.8 Å². The van der Waals surface area contributed by atoms with Crippen molar-refractivity contribution in [2.45, 2.75) is 45.2 Å². The van der Waals surface area contributed by atoms with E-state index in [1.165, 1.54) is 0 Å². The Morgan fingerprint density at radius 2 is 1.65 bits per heavy atom. The summed E-state index contributed by atoms with van der Waals surface area (Å²) in [4.78, 5) is 58.4. The van der Waals surface area contributed by atoms with E-state index in [2.05, 4.69) is 26.2 Å². The molecule has 2 aromatic rings. The van der Waals surface area contributed by atoms with Crippen molar-refractivity contribution >= 4 is 75.5 Å². The van der Waals surface area contributed by atoms with Gasteiger partial charge in [-0.15, -0.1) is 0 Å². The Morgan fingerprint density at radius 1 is 0.958 bits per heavy atom. The quantitative estimate of drug-likeness (QED) is 0.244. The number of carbonyl (C=O) groups excluding carboxylic acids is 4. The number of benzene rings is 2. The van der Waals surface area contributed by atoms with E-state index in [0.717, 1.165) is 11.4 Å². The van der Waals surface area contributed by atoms with E-state index >= 15 is 0 Å². The van der Waals surface area contributed by atoms with E-state index in [1.54, 1.807) is 47.2 Å². The van der Waals surface area contributed by atoms with Gasteiger partial charge in [-0.3, -0.25) is 19.2 Å². The third-order valence-corrected chi connectivity index (χ3v) is 9.74. The average Bonchev–Trinajstić information content (AvgIpc) is 3.59. The van der Waals surface area contributed by atoms with Gasteiger partial charge in [-0.25, -0.2) is 0 Å². The van der Waals surface area contributed by atoms with Crippen LogP contribution in [0.25, 0.3) is 0 Å². The molecular weight excluding hydrogens is 677 g/mol. The lowest BCUT2D eigenvalue weighted by molar-refractivity contribution is -0.146. The molecule has 2 aliphatic rings. The van der Waals surface area contributed by atoms with Gasteiger partial charge in [0.05, 0.1) is 35.9 Å². The van der Waals surface area contributed by atoms with Crippen LogP contribution >= 0.6 is 35.4 Å². The third kappa shape index (κ3) is 9.64. The van der Waals surface area contributed by atoms with E-state index in [9.17, 15) is 19.2 Å². The number of rotatable bonds is 12. The summed E-state index contributed by atoms with van der Waals surface area (Å²) in [6.45, 7) is 5.94. The first-order valence-electron chi connectivity index (χ1n) is 16.1. The zero-order valence-electron chi connectivity index (χ0n) is 27.4. The Morgan fingerprint density at radius 3 is 2.31 bits per heavy atom. The van der Waals surface area contributed by atoms with Crippen LogP contribution in [0.2, 0.25) is 10.0 Å². The lowest BCUT2D eigenvalue weighted by Crippen LogP contribution is -2.58. The van der Waals surface area contributed by atoms with Crippen LogP contribution in [0, 0.1) is 5.92 Å². The fourth-order valence-electron chi connectivity index (χ4n) is 5.74. The van der Waals surface area contributed by atoms with Crippen molar-refractivity contribution in [2.24, 2.45) is 5.92 Å². The zero-order chi connectivity index (χ0) is 34.8. The number of likely N-dealkylation sites (tertiary alicyclic amines) is 1. The predicted molar refractivity (Wildman–Crippen MR) is 192 cm³/mol. The number of thiocarbonyl (C=S) groups is 1. The van der Waals surface area contributed by atoms with E-state index in [4.69, 9.17) is 40.2 Å². The number of ether oxygens (including phenoxy) is 1. The maximum Gasteiger partial charge on any atom is 0.246 e. The molecule has 0 radical (unpaired) electrons. The minimum Gasteiger partial charge on any atom is -0.497 e. The zero-order valence-corrected chi connectivity index (χ0v) is 29.7. The SMILES string of the molecule is CC[C@H](C)[C@H](NC(=O)CNC(=O)CNC(=S)Nc1ccc(OC)cc1)C(=O)N1CCC[C@H]1C(=O)N1CCN(c2cccc(Cl)c2Cl)CC1. The number of hydrogen-bond acceptors (Lipinski definition) is 7. The Bertz CT molecular complexity index is 1470. The Balaban J connectivity index is 1.26. The van der Waals surface area contributed by atoms with Crippen LogP contribution in [0.1, 0.15) is 33.1 Å². The van der Waals surface area contributed by atoms with E-state index in [-0.39, 0.29) is 35.9 Å². The second kappa shape index (κ2) is 17.5. The topological polar surface area (TPSA) is 135 Å². The summed E-state index contributed by atoms with van der Waals surface area (Å²) < 4.78 is 5.13. The van der Waals surface area contributed by atoms with Crippen molar-refractivity contribution in [3.05, 3.63) is 52.5 Å². The van der Waals surface area contributed by atoms with Gasteiger partial charge in [-0.05, 0) is 67.4 Å². The fraction of sp³-hybridized carbons (Fsp3) is 0.485. The molecule has 48 heavy (non-hydrogen) atoms. The van der Waals surface area contributed by atoms with Crippen LogP contribution in [-0.2, 0) is 19.2 Å². The number of hydrogen-bond donors (Lipinski definition) is 4. The number of nitrogens with zero attached hydrogens (tertiary/aromatic N) is 3. The molecule has 3 atom stereocenters. The maximum atomic E-state index is 13.9. The van der Waals surface area contributed by atoms with Gasteiger partial charge in [0.25, 0.3) is 0 Å². The Labute approximate surface area is 296 Å². The second-order valence-electron chi connectivity index (χ2n) is 11.8. The summed E-state index contributed by atoms with van der Waals surface area (Å²) in [6.07, 6.45) is 1.88. The Hall–Kier alpha value is -3.81. The highest BCUT2D eigenvalue weighted by molar-refractivity contribution is 7.80. The van der Waals surface area contributed by atoms with Crippen molar-refractivity contribution in [3.63, 3.8) is 0 Å². The molecule has 4 amide bonds. The number of nitrogens with one attached hydrogen (secondary N) is 4. The molecule has 2 aromatic carbocycles. The number of halogens is 2. The number of amides is 4. The number of carbonyl (C=O) groups is 4. The molecule has 2 saturated heterocycles. The van der Waals surface area contributed by atoms with Crippen molar-refractivity contribution in [1.82, 2.24) is 25.8 Å². The summed E-state index contributed by atoms with van der Waals surface area (Å²) in [6, 6.07) is 11.2. The molecule has 4 N–H and O–H groups in total. The summed E-state index contributed by atoms with van der Waals surface area (Å²) >= 11 is 17.9. The van der Waals surface area contributed by atoms with Crippen molar-refractivity contribution < 1.29 is 23.9 Å². The smallest absolute Gasteiger partial charge is 0.246 e. The van der Waals surface area contributed by atoms with Gasteiger partial charge < -0.3 is 40.7 Å². The molecule has 0 saturated carbocycles. The van der Waals surface area contributed by atoms with Gasteiger partial charge in [0, 0.05) is 38.4 Å². The first-order chi connectivity index (χ1) is 23.0. The van der Waals surface area contributed by atoms with Gasteiger partial charge >= 0.3 is 0 Å². The molecule has 0 aliphatic carbocycles. The molecule has 260 valence electrons. The monoisotopic (exact) mass is 719 g/mol. The highest BCUT2D eigenvalue weighted by atomic mass is 35.5. The molecular formula is C33H43Cl2N7O5S. The lowest BCUT2D eigenvalue weighted by atomic mass is 9.97. The fourth-order valence-corrected chi connectivity index (χ4v) is 6.35. The summed E-state index contributed by atoms with van der Waals surface area (Å²) in [5.74, 6) is -0.818. The molecule has 0 unspecified atom stereocenters. The highest BCUT2D eigenvalue weighted by Gasteiger charge is 2.41. The minimum absolute atomic E-state index is 0.0916. The predicted octanol–water partition coefficient (Wildman–Crippen LogP) is 3.28. The standard InChI is InChI=1S/C33H43Cl2N7O5S/c1-4-21(2)30(39-28(44)20-36-27(43)19-37-33(48)38-22-10-12-23(47-3)13-11-22)32(46)42-14-6-9-26(42)31(45)41-17-15-40(16-18-41)25-8-5-7-24(34)29(25)35/h5,7-8,10-13,21,26,30H,4,6,9,14-20H2,1-3H3,(H,36,43)(H,39,44)(H2,37,38,48)/t21-,26-,30-/m0/s1. The average molecular weight is 721 g/mol. The van der Waals surface area contributed by atoms with Crippen LogP contribution in [0.3, 0.4) is 0 Å². The molecule has 12 nitrogen and oxygen atoms in total. The van der Waals surface area contributed by atoms with Crippen LogP contribution in [-0.4, -0.2) is 104 Å². The van der Waals surface area contributed by atoms with Crippen molar-refractivity contribution in [2.75, 3.05) is 63.1 Å². The van der Waals surface area contributed by atoms with E-state index in [1.807, 2.05) is 26.0 Å². The molecule has 0 spiro atoms. The number of piperazine rings is 1. The molecule has 2 fully saturated rings. The van der Waals surface area contributed by atoms with Gasteiger partial charge in [-0.2, -0.15) is 0 Å². The van der Waals surface area contributed by atoms with Crippen LogP contribution in [0.15, 0.2) is 42.5 Å². The first kappa shape index (κ1) is 37.0. The van der Waals surface area contributed by atoms with Crippen molar-refractivity contribution in [1.29, 1.82) is 0 Å². The molecule has 0 aromatic heterocycles. The van der Waals surface area contributed by atoms with Crippen molar-refractivity contribution in [3.8, 4) is 5.75 Å². The molecule has 0 bridgehead atoms.